The van der Waals surface area contributed by atoms with E-state index in [1.54, 1.807) is 25.4 Å². The number of likely N-dealkylation sites (N-methyl/N-ethyl adjacent to an activating group) is 2. The zero-order valence-electron chi connectivity index (χ0n) is 41.2. The van der Waals surface area contributed by atoms with Crippen LogP contribution in [0.15, 0.2) is 106 Å². The third-order valence-corrected chi connectivity index (χ3v) is 11.1. The second kappa shape index (κ2) is 33.1. The average molecular weight is 921 g/mol. The number of piperazine rings is 1. The summed E-state index contributed by atoms with van der Waals surface area (Å²) in [4.78, 5) is 58.4. The van der Waals surface area contributed by atoms with Gasteiger partial charge in [0.2, 0.25) is 12.3 Å². The van der Waals surface area contributed by atoms with Gasteiger partial charge >= 0.3 is 0 Å². The molecule has 1 aliphatic rings. The van der Waals surface area contributed by atoms with Crippen LogP contribution in [0.3, 0.4) is 0 Å². The molecule has 0 spiro atoms. The van der Waals surface area contributed by atoms with E-state index in [-0.39, 0.29) is 12.3 Å². The summed E-state index contributed by atoms with van der Waals surface area (Å²) in [5, 5.41) is 16.8. The molecule has 1 heterocycles. The Morgan fingerprint density at radius 1 is 0.985 bits per heavy atom. The molecule has 2 amide bonds. The fourth-order valence-corrected chi connectivity index (χ4v) is 7.16. The number of aldehydes is 2. The van der Waals surface area contributed by atoms with E-state index in [1.807, 2.05) is 77.0 Å². The molecule has 3 N–H and O–H groups in total. The number of nitrogens with zero attached hydrogens (tertiary/aromatic N) is 7. The molecule has 364 valence electrons. The van der Waals surface area contributed by atoms with Crippen LogP contribution in [0.5, 0.6) is 5.75 Å². The fourth-order valence-electron chi connectivity index (χ4n) is 7.16. The highest BCUT2D eigenvalue weighted by atomic mass is 16.5. The van der Waals surface area contributed by atoms with Crippen LogP contribution < -0.4 is 25.6 Å². The molecule has 0 aliphatic carbocycles. The van der Waals surface area contributed by atoms with Crippen molar-refractivity contribution < 1.29 is 23.9 Å². The minimum Gasteiger partial charge on any atom is -0.494 e. The molecule has 1 saturated heterocycles. The SMILES string of the molecule is C=CN=C/C=C(\C)CN(C)/C(CNc1cccc(C=O)c1)=N\N=C.CC.CNC(=O)C(CCC=O)N(C=O)Cc1cc(N2CCN(CCCCOc3cccc(C(C)NC)c3)CC2)ccc1C. The standard InChI is InChI=1S/C32H47N5O4.C18H23N5O.C2H6/c1-25-12-13-29(21-28(25)23-37(24-39)31(11-8-19-38)32(40)34-4)36-17-15-35(16-18-36)14-5-6-20-41-30-10-7-9-27(22-30)26(2)33-3;1-5-20-10-9-15(2)13-23(4)18(22-19-3)12-21-17-8-6-7-16(11-17)14-24;1-2/h7,9-10,12-13,19,21-22,24,26,31,33H,5-6,8,11,14-18,20,23H2,1-4H3,(H,34,40);5-11,14,21H,1,3,12-13H2,2,4H3;1-2H3/b;15-9+,20-10?,22-18-;. The Bertz CT molecular complexity index is 2060. The Kier molecular flexibility index (Phi) is 28.0. The summed E-state index contributed by atoms with van der Waals surface area (Å²) in [6.45, 7) is 24.2. The number of amidine groups is 1. The summed E-state index contributed by atoms with van der Waals surface area (Å²) in [5.41, 5.74) is 7.00. The van der Waals surface area contributed by atoms with Gasteiger partial charge in [0, 0.05) is 102 Å². The lowest BCUT2D eigenvalue weighted by Gasteiger charge is -2.36. The normalized spacial score (nSPS) is 13.7. The number of aryl methyl sites for hydroxylation is 1. The molecule has 0 aromatic heterocycles. The van der Waals surface area contributed by atoms with E-state index in [0.717, 1.165) is 104 Å². The van der Waals surface area contributed by atoms with Gasteiger partial charge in [-0.25, -0.2) is 0 Å². The molecular formula is C52H76N10O5. The maximum Gasteiger partial charge on any atom is 0.242 e. The van der Waals surface area contributed by atoms with Crippen LogP contribution in [0.25, 0.3) is 0 Å². The molecular weight excluding hydrogens is 845 g/mol. The lowest BCUT2D eigenvalue weighted by atomic mass is 10.0. The number of amides is 2. The molecule has 3 aromatic carbocycles. The zero-order chi connectivity index (χ0) is 49.4. The van der Waals surface area contributed by atoms with Gasteiger partial charge in [0.1, 0.15) is 30.2 Å². The first kappa shape index (κ1) is 56.7. The topological polar surface area (TPSA) is 164 Å². The van der Waals surface area contributed by atoms with Crippen molar-refractivity contribution in [1.29, 1.82) is 0 Å². The Morgan fingerprint density at radius 2 is 1.73 bits per heavy atom. The average Bonchev–Trinajstić information content (AvgIpc) is 3.36. The molecule has 0 bridgehead atoms. The molecule has 4 rings (SSSR count). The molecule has 15 nitrogen and oxygen atoms in total. The lowest BCUT2D eigenvalue weighted by Crippen LogP contribution is -2.46. The number of benzene rings is 3. The number of hydrogen-bond acceptors (Lipinski definition) is 12. The second-order valence-corrected chi connectivity index (χ2v) is 15.8. The van der Waals surface area contributed by atoms with Crippen molar-refractivity contribution >= 4 is 55.0 Å². The van der Waals surface area contributed by atoms with E-state index in [2.05, 4.69) is 91.5 Å². The lowest BCUT2D eigenvalue weighted by molar-refractivity contribution is -0.133. The monoisotopic (exact) mass is 921 g/mol. The van der Waals surface area contributed by atoms with Gasteiger partial charge in [-0.1, -0.05) is 56.3 Å². The first-order valence-corrected chi connectivity index (χ1v) is 23.2. The van der Waals surface area contributed by atoms with E-state index in [9.17, 15) is 19.2 Å². The molecule has 2 atom stereocenters. The fraction of sp³-hybridized carbons (Fsp3) is 0.442. The first-order chi connectivity index (χ1) is 32.5. The van der Waals surface area contributed by atoms with Gasteiger partial charge in [-0.3, -0.25) is 24.3 Å². The molecule has 1 aliphatic heterocycles. The molecule has 67 heavy (non-hydrogen) atoms. The number of ether oxygens (including phenoxy) is 1. The highest BCUT2D eigenvalue weighted by Gasteiger charge is 2.25. The Hall–Kier alpha value is -6.45. The Labute approximate surface area is 400 Å². The van der Waals surface area contributed by atoms with E-state index >= 15 is 0 Å². The van der Waals surface area contributed by atoms with E-state index in [4.69, 9.17) is 4.74 Å². The predicted octanol–water partition coefficient (Wildman–Crippen LogP) is 7.35. The summed E-state index contributed by atoms with van der Waals surface area (Å²) >= 11 is 0. The van der Waals surface area contributed by atoms with Gasteiger partial charge in [-0.05, 0) is 113 Å². The first-order valence-electron chi connectivity index (χ1n) is 23.2. The smallest absolute Gasteiger partial charge is 0.242 e. The largest absolute Gasteiger partial charge is 0.494 e. The molecule has 1 fully saturated rings. The van der Waals surface area contributed by atoms with Crippen LogP contribution >= 0.6 is 0 Å². The van der Waals surface area contributed by atoms with Crippen molar-refractivity contribution in [3.05, 3.63) is 113 Å². The molecule has 3 aromatic rings. The number of carbonyl (C=O) groups excluding carboxylic acids is 4. The van der Waals surface area contributed by atoms with Crippen LogP contribution in [0.1, 0.15) is 86.5 Å². The second-order valence-electron chi connectivity index (χ2n) is 15.8. The molecule has 2 unspecified atom stereocenters. The van der Waals surface area contributed by atoms with E-state index < -0.39 is 6.04 Å². The minimum atomic E-state index is -0.674. The van der Waals surface area contributed by atoms with Crippen molar-refractivity contribution in [3.8, 4) is 5.75 Å². The zero-order valence-corrected chi connectivity index (χ0v) is 41.2. The Balaban J connectivity index is 0.000000505. The van der Waals surface area contributed by atoms with Crippen molar-refractivity contribution in [2.45, 2.75) is 78.9 Å². The highest BCUT2D eigenvalue weighted by Crippen LogP contribution is 2.24. The summed E-state index contributed by atoms with van der Waals surface area (Å²) in [6.07, 6.45) is 10.0. The van der Waals surface area contributed by atoms with Gasteiger partial charge in [-0.15, -0.1) is 5.10 Å². The summed E-state index contributed by atoms with van der Waals surface area (Å²) in [7, 11) is 5.43. The van der Waals surface area contributed by atoms with Gasteiger partial charge < -0.3 is 40.2 Å². The van der Waals surface area contributed by atoms with E-state index in [0.29, 0.717) is 44.1 Å². The van der Waals surface area contributed by atoms with Crippen molar-refractivity contribution in [3.63, 3.8) is 0 Å². The molecule has 0 radical (unpaired) electrons. The highest BCUT2D eigenvalue weighted by molar-refractivity contribution is 5.87. The maximum atomic E-state index is 12.4. The number of aliphatic imine (C=N–C) groups is 1. The van der Waals surface area contributed by atoms with Crippen LogP contribution in [0.4, 0.5) is 11.4 Å². The number of anilines is 2. The third kappa shape index (κ3) is 20.7. The van der Waals surface area contributed by atoms with Gasteiger partial charge in [-0.2, -0.15) is 5.10 Å². The van der Waals surface area contributed by atoms with Crippen LogP contribution in [-0.4, -0.2) is 138 Å². The van der Waals surface area contributed by atoms with Crippen molar-refractivity contribution in [2.24, 2.45) is 15.2 Å². The predicted molar refractivity (Wildman–Crippen MR) is 277 cm³/mol. The number of nitrogens with one attached hydrogen (secondary N) is 3. The minimum absolute atomic E-state index is 0.225. The van der Waals surface area contributed by atoms with Crippen LogP contribution in [0.2, 0.25) is 0 Å². The summed E-state index contributed by atoms with van der Waals surface area (Å²) in [5.74, 6) is 1.40. The molecule has 15 heteroatoms. The number of carbonyl (C=O) groups is 4. The van der Waals surface area contributed by atoms with Crippen molar-refractivity contribution in [2.75, 3.05) is 83.8 Å². The van der Waals surface area contributed by atoms with Crippen LogP contribution in [0, 0.1) is 6.92 Å². The van der Waals surface area contributed by atoms with E-state index in [1.165, 1.54) is 16.7 Å². The van der Waals surface area contributed by atoms with Gasteiger partial charge in [0.15, 0.2) is 0 Å². The third-order valence-electron chi connectivity index (χ3n) is 11.1. The molecule has 0 saturated carbocycles. The number of hydrogen-bond donors (Lipinski definition) is 3. The summed E-state index contributed by atoms with van der Waals surface area (Å²) in [6, 6.07) is 21.5. The maximum absolute atomic E-state index is 12.4. The number of unbranched alkanes of at least 4 members (excludes halogenated alkanes) is 1. The summed E-state index contributed by atoms with van der Waals surface area (Å²) < 4.78 is 6.00. The Morgan fingerprint density at radius 3 is 2.39 bits per heavy atom. The van der Waals surface area contributed by atoms with Crippen LogP contribution in [-0.2, 0) is 20.9 Å². The van der Waals surface area contributed by atoms with Gasteiger partial charge in [0.25, 0.3) is 0 Å². The van der Waals surface area contributed by atoms with Crippen molar-refractivity contribution in [1.82, 2.24) is 25.3 Å². The quantitative estimate of drug-likeness (QED) is 0.0244. The van der Waals surface area contributed by atoms with Gasteiger partial charge in [0.05, 0.1) is 13.2 Å². The number of allylic oxidation sites excluding steroid dienone is 1. The number of rotatable bonds is 26.